The molecule has 0 aromatic heterocycles. The molecule has 4 aromatic rings. The Bertz CT molecular complexity index is 1450. The third kappa shape index (κ3) is 7.46. The number of benzene rings is 4. The van der Waals surface area contributed by atoms with Gasteiger partial charge < -0.3 is 0 Å². The van der Waals surface area contributed by atoms with Crippen LogP contribution in [-0.2, 0) is 10.8 Å². The maximum absolute atomic E-state index is 3.04. The highest BCUT2D eigenvalue weighted by Gasteiger charge is 2.53. The van der Waals surface area contributed by atoms with E-state index in [1.165, 1.54) is 58.5 Å². The molecule has 2 aliphatic rings. The SMILES string of the molecule is CCCCN(P(c1ccccc1)c1ccccc1)P1[C@H](c2ccc(C(C)(C)C)cc2)N2CCCCN2[C@H]1c1ccc(C(C)(C)C)cc1. The van der Waals surface area contributed by atoms with Crippen LogP contribution in [0.1, 0.15) is 108 Å². The van der Waals surface area contributed by atoms with E-state index >= 15 is 0 Å². The maximum Gasteiger partial charge on any atom is 0.0847 e. The van der Waals surface area contributed by atoms with Gasteiger partial charge in [0.05, 0.1) is 11.6 Å². The maximum atomic E-state index is 3.04. The van der Waals surface area contributed by atoms with Crippen LogP contribution in [0.3, 0.4) is 0 Å². The lowest BCUT2D eigenvalue weighted by molar-refractivity contribution is -0.0531. The minimum Gasteiger partial charge on any atom is -0.249 e. The van der Waals surface area contributed by atoms with Crippen LogP contribution >= 0.6 is 16.1 Å². The molecule has 47 heavy (non-hydrogen) atoms. The van der Waals surface area contributed by atoms with Gasteiger partial charge in [0.1, 0.15) is 0 Å². The van der Waals surface area contributed by atoms with E-state index in [-0.39, 0.29) is 10.8 Å². The highest BCUT2D eigenvalue weighted by molar-refractivity contribution is 7.79. The van der Waals surface area contributed by atoms with Crippen LogP contribution in [0, 0.1) is 0 Å². The third-order valence-electron chi connectivity index (χ3n) is 9.78. The summed E-state index contributed by atoms with van der Waals surface area (Å²) < 4.78 is 3.04. The molecule has 2 fully saturated rings. The van der Waals surface area contributed by atoms with Crippen molar-refractivity contribution in [1.82, 2.24) is 14.5 Å². The fourth-order valence-corrected chi connectivity index (χ4v) is 14.4. The smallest absolute Gasteiger partial charge is 0.0847 e. The van der Waals surface area contributed by atoms with Crippen LogP contribution < -0.4 is 10.6 Å². The zero-order valence-electron chi connectivity index (χ0n) is 29.7. The summed E-state index contributed by atoms with van der Waals surface area (Å²) >= 11 is 0. The topological polar surface area (TPSA) is 9.72 Å². The van der Waals surface area contributed by atoms with Gasteiger partial charge in [-0.05, 0) is 63.0 Å². The van der Waals surface area contributed by atoms with E-state index in [1.807, 2.05) is 0 Å². The fourth-order valence-electron chi connectivity index (χ4n) is 7.12. The second-order valence-electron chi connectivity index (χ2n) is 15.3. The van der Waals surface area contributed by atoms with Crippen LogP contribution in [0.2, 0.25) is 0 Å². The average Bonchev–Trinajstić information content (AvgIpc) is 3.41. The first-order valence-electron chi connectivity index (χ1n) is 17.8. The van der Waals surface area contributed by atoms with Crippen LogP contribution in [0.5, 0.6) is 0 Å². The molecule has 3 nitrogen and oxygen atoms in total. The fraction of sp³-hybridized carbons (Fsp3) is 0.429. The number of hydrogen-bond donors (Lipinski definition) is 0. The van der Waals surface area contributed by atoms with Crippen molar-refractivity contribution in [1.29, 1.82) is 0 Å². The van der Waals surface area contributed by atoms with E-state index in [0.717, 1.165) is 19.6 Å². The molecule has 0 spiro atoms. The molecule has 2 saturated heterocycles. The second-order valence-corrected chi connectivity index (χ2v) is 20.0. The Hall–Kier alpha value is -2.38. The average molecular weight is 664 g/mol. The molecule has 248 valence electrons. The summed E-state index contributed by atoms with van der Waals surface area (Å²) in [6, 6.07) is 42.4. The van der Waals surface area contributed by atoms with E-state index in [4.69, 9.17) is 0 Å². The summed E-state index contributed by atoms with van der Waals surface area (Å²) in [6.07, 6.45) is 4.90. The van der Waals surface area contributed by atoms with Gasteiger partial charge >= 0.3 is 0 Å². The lowest BCUT2D eigenvalue weighted by Crippen LogP contribution is -2.43. The first-order valence-corrected chi connectivity index (χ1v) is 20.5. The van der Waals surface area contributed by atoms with E-state index < -0.39 is 16.1 Å². The van der Waals surface area contributed by atoms with E-state index in [9.17, 15) is 0 Å². The Labute approximate surface area is 288 Å². The Morgan fingerprint density at radius 3 is 1.38 bits per heavy atom. The van der Waals surface area contributed by atoms with Crippen molar-refractivity contribution in [3.05, 3.63) is 131 Å². The van der Waals surface area contributed by atoms with Crippen molar-refractivity contribution in [2.75, 3.05) is 19.6 Å². The number of nitrogens with zero attached hydrogens (tertiary/aromatic N) is 3. The number of rotatable bonds is 9. The van der Waals surface area contributed by atoms with Crippen molar-refractivity contribution in [3.63, 3.8) is 0 Å². The highest BCUT2D eigenvalue weighted by atomic mass is 31.2. The third-order valence-corrected chi connectivity index (χ3v) is 16.0. The van der Waals surface area contributed by atoms with Gasteiger partial charge in [-0.1, -0.05) is 164 Å². The highest BCUT2D eigenvalue weighted by Crippen LogP contribution is 2.76. The summed E-state index contributed by atoms with van der Waals surface area (Å²) in [5.74, 6) is 0.668. The zero-order valence-corrected chi connectivity index (χ0v) is 31.5. The molecule has 0 N–H and O–H groups in total. The van der Waals surface area contributed by atoms with Crippen LogP contribution in [0.4, 0.5) is 0 Å². The van der Waals surface area contributed by atoms with Gasteiger partial charge in [0, 0.05) is 35.8 Å². The normalized spacial score (nSPS) is 19.9. The Balaban J connectivity index is 1.57. The van der Waals surface area contributed by atoms with Gasteiger partial charge in [-0.2, -0.15) is 0 Å². The molecule has 2 heterocycles. The van der Waals surface area contributed by atoms with Crippen LogP contribution in [0.25, 0.3) is 0 Å². The molecule has 5 heteroatoms. The number of unbranched alkanes of at least 4 members (excludes halogenated alkanes) is 1. The van der Waals surface area contributed by atoms with Crippen molar-refractivity contribution in [2.45, 2.75) is 96.5 Å². The van der Waals surface area contributed by atoms with Gasteiger partial charge in [-0.3, -0.25) is 0 Å². The van der Waals surface area contributed by atoms with Gasteiger partial charge in [0.25, 0.3) is 0 Å². The molecular formula is C42H55N3P2. The molecule has 6 rings (SSSR count). The lowest BCUT2D eigenvalue weighted by atomic mass is 9.86. The standard InChI is InChI=1S/C42H55N3P2/c1-8-9-32-45(46(37-18-12-10-13-19-37)38-20-14-11-15-21-38)47-39(33-22-26-35(27-23-33)41(2,3)4)43-30-16-17-31-44(43)40(47)34-24-28-36(29-25-34)42(5,6)7/h10-15,18-29,39-40H,8-9,16-17,30-32H2,1-7H3/t39-,40-/m1/s1. The number of fused-ring (bicyclic) bond motifs is 1. The zero-order chi connectivity index (χ0) is 33.2. The van der Waals surface area contributed by atoms with Crippen molar-refractivity contribution < 1.29 is 0 Å². The van der Waals surface area contributed by atoms with Gasteiger partial charge in [-0.15, -0.1) is 0 Å². The molecule has 2 atom stereocenters. The number of hydrogen-bond acceptors (Lipinski definition) is 3. The Kier molecular flexibility index (Phi) is 10.7. The molecular weight excluding hydrogens is 608 g/mol. The van der Waals surface area contributed by atoms with E-state index in [0.29, 0.717) is 11.6 Å². The summed E-state index contributed by atoms with van der Waals surface area (Å²) in [4.78, 5) is 0. The van der Waals surface area contributed by atoms with Gasteiger partial charge in [-0.25, -0.2) is 14.5 Å². The first-order chi connectivity index (χ1) is 22.6. The van der Waals surface area contributed by atoms with Gasteiger partial charge in [0.2, 0.25) is 0 Å². The summed E-state index contributed by atoms with van der Waals surface area (Å²) in [7, 11) is -1.44. The molecule has 0 unspecified atom stereocenters. The van der Waals surface area contributed by atoms with Crippen molar-refractivity contribution in [3.8, 4) is 0 Å². The van der Waals surface area contributed by atoms with Crippen molar-refractivity contribution in [2.24, 2.45) is 0 Å². The lowest BCUT2D eigenvalue weighted by Gasteiger charge is -2.42. The quantitative estimate of drug-likeness (QED) is 0.165. The predicted octanol–water partition coefficient (Wildman–Crippen LogP) is 10.9. The largest absolute Gasteiger partial charge is 0.249 e. The Morgan fingerprint density at radius 1 is 0.617 bits per heavy atom. The Morgan fingerprint density at radius 2 is 1.02 bits per heavy atom. The first kappa shape index (κ1) is 34.5. The monoisotopic (exact) mass is 663 g/mol. The molecule has 4 aromatic carbocycles. The van der Waals surface area contributed by atoms with Crippen LogP contribution in [-0.4, -0.2) is 34.1 Å². The molecule has 0 radical (unpaired) electrons. The van der Waals surface area contributed by atoms with E-state index in [1.54, 1.807) is 0 Å². The molecule has 2 aliphatic heterocycles. The second kappa shape index (κ2) is 14.6. The molecule has 0 bridgehead atoms. The minimum absolute atomic E-state index is 0.134. The van der Waals surface area contributed by atoms with Crippen molar-refractivity contribution >= 4 is 26.8 Å². The predicted molar refractivity (Wildman–Crippen MR) is 206 cm³/mol. The van der Waals surface area contributed by atoms with Crippen LogP contribution in [0.15, 0.2) is 109 Å². The minimum atomic E-state index is -0.739. The van der Waals surface area contributed by atoms with E-state index in [2.05, 4.69) is 172 Å². The summed E-state index contributed by atoms with van der Waals surface area (Å²) in [6.45, 7) is 19.7. The summed E-state index contributed by atoms with van der Waals surface area (Å²) in [5.41, 5.74) is 6.04. The summed E-state index contributed by atoms with van der Waals surface area (Å²) in [5, 5.41) is 8.53. The molecule has 0 aliphatic carbocycles. The van der Waals surface area contributed by atoms with Gasteiger partial charge in [0.15, 0.2) is 0 Å². The molecule has 0 saturated carbocycles. The number of hydrazine groups is 1. The molecule has 0 amide bonds.